The maximum Gasteiger partial charge on any atom is 0.220 e. The minimum atomic E-state index is -1.21. The number of amides is 1. The highest BCUT2D eigenvalue weighted by molar-refractivity contribution is 5.79. The van der Waals surface area contributed by atoms with Crippen LogP contribution in [0, 0.1) is 0 Å². The van der Waals surface area contributed by atoms with E-state index < -0.39 is 5.60 Å². The molecule has 0 bridgehead atoms. The van der Waals surface area contributed by atoms with Gasteiger partial charge in [-0.25, -0.2) is 0 Å². The minimum Gasteiger partial charge on any atom is -0.378 e. The van der Waals surface area contributed by atoms with Gasteiger partial charge in [-0.05, 0) is 54.4 Å². The molecule has 1 amide bonds. The summed E-state index contributed by atoms with van der Waals surface area (Å²) in [6, 6.07) is 16.5. The summed E-state index contributed by atoms with van der Waals surface area (Å²) in [5.74, 6) is 0.0218. The molecule has 3 heteroatoms. The third-order valence-corrected chi connectivity index (χ3v) is 6.93. The van der Waals surface area contributed by atoms with Gasteiger partial charge in [0.05, 0.1) is 6.04 Å². The number of hydrogen-bond acceptors (Lipinski definition) is 2. The standard InChI is InChI=1S/C29H41NO2/c1-3-5-7-9-11-23-13-17-25(18-14-23)29(32,27-21-22-28(31)30-27)26-19-15-24(16-20-26)12-10-8-6-4-2/h13-20,27,32H,3-12,21-22H2,1-2H3,(H,30,31)/t27-/m0/s1. The maximum atomic E-state index is 12.0. The quantitative estimate of drug-likeness (QED) is 0.355. The molecule has 0 unspecified atom stereocenters. The molecule has 2 aromatic rings. The average Bonchev–Trinajstić information content (AvgIpc) is 3.27. The molecule has 1 heterocycles. The van der Waals surface area contributed by atoms with Gasteiger partial charge in [-0.2, -0.15) is 0 Å². The Bertz CT molecular complexity index is 770. The van der Waals surface area contributed by atoms with Crippen LogP contribution in [0.5, 0.6) is 0 Å². The van der Waals surface area contributed by atoms with E-state index in [-0.39, 0.29) is 11.9 Å². The van der Waals surface area contributed by atoms with Crippen LogP contribution in [0.1, 0.15) is 100 Å². The number of unbranched alkanes of at least 4 members (excludes halogenated alkanes) is 6. The zero-order valence-electron chi connectivity index (χ0n) is 20.0. The normalized spacial score (nSPS) is 16.3. The molecule has 0 saturated carbocycles. The highest BCUT2D eigenvalue weighted by atomic mass is 16.3. The number of benzene rings is 2. The Hall–Kier alpha value is -2.13. The van der Waals surface area contributed by atoms with Crippen LogP contribution >= 0.6 is 0 Å². The molecule has 0 aromatic heterocycles. The van der Waals surface area contributed by atoms with Crippen molar-refractivity contribution >= 4 is 5.91 Å². The minimum absolute atomic E-state index is 0.0218. The topological polar surface area (TPSA) is 49.3 Å². The fraction of sp³-hybridized carbons (Fsp3) is 0.552. The van der Waals surface area contributed by atoms with E-state index in [4.69, 9.17) is 0 Å². The lowest BCUT2D eigenvalue weighted by molar-refractivity contribution is -0.120. The van der Waals surface area contributed by atoms with Gasteiger partial charge in [0, 0.05) is 6.42 Å². The van der Waals surface area contributed by atoms with Crippen molar-refractivity contribution in [2.45, 2.75) is 103 Å². The summed E-state index contributed by atoms with van der Waals surface area (Å²) in [7, 11) is 0. The van der Waals surface area contributed by atoms with Gasteiger partial charge < -0.3 is 10.4 Å². The van der Waals surface area contributed by atoms with Gasteiger partial charge in [0.25, 0.3) is 0 Å². The first kappa shape index (κ1) is 24.5. The van der Waals surface area contributed by atoms with Crippen molar-refractivity contribution in [3.8, 4) is 0 Å². The Morgan fingerprint density at radius 1 is 0.781 bits per heavy atom. The summed E-state index contributed by atoms with van der Waals surface area (Å²) in [5.41, 5.74) is 3.12. The monoisotopic (exact) mass is 435 g/mol. The van der Waals surface area contributed by atoms with Gasteiger partial charge in [-0.3, -0.25) is 4.79 Å². The first-order valence-corrected chi connectivity index (χ1v) is 12.8. The van der Waals surface area contributed by atoms with Gasteiger partial charge in [0.15, 0.2) is 0 Å². The second kappa shape index (κ2) is 12.2. The lowest BCUT2D eigenvalue weighted by Crippen LogP contribution is -2.47. The Morgan fingerprint density at radius 3 is 1.62 bits per heavy atom. The first-order chi connectivity index (χ1) is 15.6. The number of carbonyl (C=O) groups is 1. The molecule has 1 aliphatic heterocycles. The predicted octanol–water partition coefficient (Wildman–Crippen LogP) is 6.45. The Morgan fingerprint density at radius 2 is 1.25 bits per heavy atom. The summed E-state index contributed by atoms with van der Waals surface area (Å²) in [5, 5.41) is 15.1. The lowest BCUT2D eigenvalue weighted by Gasteiger charge is -2.35. The highest BCUT2D eigenvalue weighted by Crippen LogP contribution is 2.37. The molecule has 32 heavy (non-hydrogen) atoms. The van der Waals surface area contributed by atoms with E-state index in [2.05, 4.69) is 67.7 Å². The van der Waals surface area contributed by atoms with Crippen LogP contribution < -0.4 is 5.32 Å². The van der Waals surface area contributed by atoms with Crippen LogP contribution in [0.15, 0.2) is 48.5 Å². The van der Waals surface area contributed by atoms with E-state index in [1.54, 1.807) is 0 Å². The molecular weight excluding hydrogens is 394 g/mol. The fourth-order valence-corrected chi connectivity index (χ4v) is 4.86. The van der Waals surface area contributed by atoms with Gasteiger partial charge >= 0.3 is 0 Å². The molecule has 1 fully saturated rings. The van der Waals surface area contributed by atoms with Crippen molar-refractivity contribution in [3.63, 3.8) is 0 Å². The average molecular weight is 436 g/mol. The second-order valence-electron chi connectivity index (χ2n) is 9.44. The van der Waals surface area contributed by atoms with Gasteiger partial charge in [-0.15, -0.1) is 0 Å². The summed E-state index contributed by atoms with van der Waals surface area (Å²) < 4.78 is 0. The summed E-state index contributed by atoms with van der Waals surface area (Å²) >= 11 is 0. The number of aryl methyl sites for hydroxylation is 2. The zero-order valence-corrected chi connectivity index (χ0v) is 20.0. The van der Waals surface area contributed by atoms with E-state index in [9.17, 15) is 9.90 Å². The van der Waals surface area contributed by atoms with Crippen molar-refractivity contribution in [2.24, 2.45) is 0 Å². The van der Waals surface area contributed by atoms with E-state index in [1.807, 2.05) is 0 Å². The molecule has 1 atom stereocenters. The number of carbonyl (C=O) groups excluding carboxylic acids is 1. The van der Waals surface area contributed by atoms with Crippen LogP contribution in [0.3, 0.4) is 0 Å². The number of nitrogens with one attached hydrogen (secondary N) is 1. The molecule has 1 aliphatic rings. The van der Waals surface area contributed by atoms with Crippen molar-refractivity contribution in [2.75, 3.05) is 0 Å². The molecule has 2 N–H and O–H groups in total. The van der Waals surface area contributed by atoms with E-state index in [1.165, 1.54) is 62.5 Å². The fourth-order valence-electron chi connectivity index (χ4n) is 4.86. The largest absolute Gasteiger partial charge is 0.378 e. The van der Waals surface area contributed by atoms with Crippen molar-refractivity contribution in [1.29, 1.82) is 0 Å². The van der Waals surface area contributed by atoms with Crippen molar-refractivity contribution in [1.82, 2.24) is 5.32 Å². The second-order valence-corrected chi connectivity index (χ2v) is 9.44. The Labute approximate surface area is 194 Å². The maximum absolute atomic E-state index is 12.0. The molecule has 0 spiro atoms. The summed E-state index contributed by atoms with van der Waals surface area (Å²) in [4.78, 5) is 12.0. The highest BCUT2D eigenvalue weighted by Gasteiger charge is 2.43. The number of rotatable bonds is 13. The predicted molar refractivity (Wildman–Crippen MR) is 133 cm³/mol. The Kier molecular flexibility index (Phi) is 9.35. The van der Waals surface area contributed by atoms with Crippen LogP contribution in [0.2, 0.25) is 0 Å². The third kappa shape index (κ3) is 6.22. The Balaban J connectivity index is 1.78. The lowest BCUT2D eigenvalue weighted by atomic mass is 9.79. The molecule has 2 aromatic carbocycles. The molecule has 3 rings (SSSR count). The number of hydrogen-bond donors (Lipinski definition) is 2. The van der Waals surface area contributed by atoms with Crippen molar-refractivity contribution < 1.29 is 9.90 Å². The molecule has 3 nitrogen and oxygen atoms in total. The van der Waals surface area contributed by atoms with Gasteiger partial charge in [0.2, 0.25) is 5.91 Å². The summed E-state index contributed by atoms with van der Waals surface area (Å²) in [6.45, 7) is 4.47. The first-order valence-electron chi connectivity index (χ1n) is 12.8. The molecule has 0 aliphatic carbocycles. The van der Waals surface area contributed by atoms with Crippen molar-refractivity contribution in [3.05, 3.63) is 70.8 Å². The number of aliphatic hydroxyl groups is 1. The van der Waals surface area contributed by atoms with Gasteiger partial charge in [-0.1, -0.05) is 101 Å². The smallest absolute Gasteiger partial charge is 0.220 e. The third-order valence-electron chi connectivity index (χ3n) is 6.93. The van der Waals surface area contributed by atoms with Crippen LogP contribution in [0.4, 0.5) is 0 Å². The van der Waals surface area contributed by atoms with Crippen LogP contribution in [-0.4, -0.2) is 17.1 Å². The molecule has 174 valence electrons. The SMILES string of the molecule is CCCCCCc1ccc(C(O)(c2ccc(CCCCCC)cc2)[C@@H]2CCC(=O)N2)cc1. The molecule has 1 saturated heterocycles. The molecule has 0 radical (unpaired) electrons. The van der Waals surface area contributed by atoms with Crippen LogP contribution in [-0.2, 0) is 23.2 Å². The zero-order chi connectivity index (χ0) is 22.8. The van der Waals surface area contributed by atoms with E-state index in [0.29, 0.717) is 12.8 Å². The van der Waals surface area contributed by atoms with E-state index >= 15 is 0 Å². The van der Waals surface area contributed by atoms with Gasteiger partial charge in [0.1, 0.15) is 5.60 Å². The molecular formula is C29H41NO2. The van der Waals surface area contributed by atoms with Crippen LogP contribution in [0.25, 0.3) is 0 Å². The van der Waals surface area contributed by atoms with E-state index in [0.717, 1.165) is 24.0 Å². The summed E-state index contributed by atoms with van der Waals surface area (Å²) in [6.07, 6.45) is 13.3.